The topological polar surface area (TPSA) is 19.7 Å². The highest BCUT2D eigenvalue weighted by molar-refractivity contribution is 6.13. The van der Waals surface area contributed by atoms with Gasteiger partial charge in [-0.3, -0.25) is 0 Å². The summed E-state index contributed by atoms with van der Waals surface area (Å²) >= 11 is 0. The number of aromatic nitrogens is 4. The first-order valence-corrected chi connectivity index (χ1v) is 24.1. The molecule has 15 aromatic rings. The monoisotopic (exact) mass is 890 g/mol. The summed E-state index contributed by atoms with van der Waals surface area (Å²) in [5.74, 6) is 0. The molecular weight excluding hydrogens is 849 g/mol. The van der Waals surface area contributed by atoms with Crippen molar-refractivity contribution in [2.75, 3.05) is 0 Å². The summed E-state index contributed by atoms with van der Waals surface area (Å²) in [6.45, 7) is 0. The Morgan fingerprint density at radius 1 is 0.157 bits per heavy atom. The van der Waals surface area contributed by atoms with Crippen molar-refractivity contribution in [3.63, 3.8) is 0 Å². The van der Waals surface area contributed by atoms with Gasteiger partial charge in [0.05, 0.1) is 44.1 Å². The lowest BCUT2D eigenvalue weighted by atomic mass is 10.0. The van der Waals surface area contributed by atoms with Crippen molar-refractivity contribution in [3.05, 3.63) is 255 Å². The molecule has 326 valence electrons. The van der Waals surface area contributed by atoms with E-state index in [9.17, 15) is 0 Å². The molecule has 0 saturated carbocycles. The van der Waals surface area contributed by atoms with Gasteiger partial charge in [0.25, 0.3) is 0 Å². The fraction of sp³-hybridized carbons (Fsp3) is 0. The van der Waals surface area contributed by atoms with Crippen molar-refractivity contribution in [2.24, 2.45) is 0 Å². The summed E-state index contributed by atoms with van der Waals surface area (Å²) in [6.07, 6.45) is 0. The molecule has 4 aromatic heterocycles. The molecule has 0 saturated heterocycles. The number of para-hydroxylation sites is 6. The fourth-order valence-corrected chi connectivity index (χ4v) is 11.6. The van der Waals surface area contributed by atoms with Crippen molar-refractivity contribution >= 4 is 87.2 Å². The molecule has 0 aliphatic carbocycles. The zero-order valence-electron chi connectivity index (χ0n) is 38.0. The second-order valence-electron chi connectivity index (χ2n) is 18.5. The van der Waals surface area contributed by atoms with Crippen LogP contribution in [0.2, 0.25) is 0 Å². The summed E-state index contributed by atoms with van der Waals surface area (Å²) in [5.41, 5.74) is 18.9. The Labute approximate surface area is 403 Å². The van der Waals surface area contributed by atoms with Gasteiger partial charge >= 0.3 is 0 Å². The minimum Gasteiger partial charge on any atom is -0.309 e. The highest BCUT2D eigenvalue weighted by atomic mass is 15.0. The standard InChI is InChI=1S/C66H42N4/c1-7-22-59-51(16-1)52-17-2-8-23-60(52)67(59)47-34-28-43(29-35-47)44-30-36-48(37-31-44)68-61-24-9-5-20-55(61)57-38-32-45(40-65(57)68)46-33-39-58-56-21-6-12-27-64(56)70(66(58)41-46)50-15-13-14-49(42-50)69-62-25-10-3-18-53(62)54-19-4-11-26-63(54)69/h1-42H. The van der Waals surface area contributed by atoms with Gasteiger partial charge in [0.1, 0.15) is 0 Å². The van der Waals surface area contributed by atoms with Crippen molar-refractivity contribution < 1.29 is 0 Å². The Bertz CT molecular complexity index is 4470. The summed E-state index contributed by atoms with van der Waals surface area (Å²) in [4.78, 5) is 0. The maximum absolute atomic E-state index is 2.45. The number of nitrogens with zero attached hydrogens (tertiary/aromatic N) is 4. The van der Waals surface area contributed by atoms with Gasteiger partial charge < -0.3 is 18.3 Å². The van der Waals surface area contributed by atoms with Gasteiger partial charge in [-0.15, -0.1) is 0 Å². The van der Waals surface area contributed by atoms with Gasteiger partial charge in [-0.05, 0) is 113 Å². The minimum atomic E-state index is 1.13. The maximum atomic E-state index is 2.45. The number of rotatable bonds is 6. The molecule has 0 N–H and O–H groups in total. The lowest BCUT2D eigenvalue weighted by molar-refractivity contribution is 1.13. The normalized spacial score (nSPS) is 12.0. The van der Waals surface area contributed by atoms with Gasteiger partial charge in [0.15, 0.2) is 0 Å². The third kappa shape index (κ3) is 5.71. The molecule has 70 heavy (non-hydrogen) atoms. The van der Waals surface area contributed by atoms with Crippen LogP contribution in [-0.2, 0) is 0 Å². The van der Waals surface area contributed by atoms with Gasteiger partial charge in [-0.1, -0.05) is 164 Å². The highest BCUT2D eigenvalue weighted by Crippen LogP contribution is 2.40. The molecule has 0 unspecified atom stereocenters. The van der Waals surface area contributed by atoms with Crippen LogP contribution in [-0.4, -0.2) is 18.3 Å². The number of hydrogen-bond acceptors (Lipinski definition) is 0. The van der Waals surface area contributed by atoms with Gasteiger partial charge in [-0.2, -0.15) is 0 Å². The molecule has 0 aliphatic heterocycles. The van der Waals surface area contributed by atoms with E-state index in [0.717, 1.165) is 22.7 Å². The Hall–Kier alpha value is -9.38. The van der Waals surface area contributed by atoms with Crippen molar-refractivity contribution in [1.29, 1.82) is 0 Å². The first kappa shape index (κ1) is 38.7. The lowest BCUT2D eigenvalue weighted by Gasteiger charge is -2.13. The summed E-state index contributed by atoms with van der Waals surface area (Å²) in [6, 6.07) is 93.5. The van der Waals surface area contributed by atoms with Gasteiger partial charge in [0, 0.05) is 65.8 Å². The van der Waals surface area contributed by atoms with E-state index in [4.69, 9.17) is 0 Å². The zero-order chi connectivity index (χ0) is 45.9. The summed E-state index contributed by atoms with van der Waals surface area (Å²) in [7, 11) is 0. The van der Waals surface area contributed by atoms with E-state index in [1.54, 1.807) is 0 Å². The zero-order valence-corrected chi connectivity index (χ0v) is 38.0. The smallest absolute Gasteiger partial charge is 0.0547 e. The number of hydrogen-bond donors (Lipinski definition) is 0. The molecule has 0 bridgehead atoms. The van der Waals surface area contributed by atoms with E-state index in [-0.39, 0.29) is 0 Å². The predicted octanol–water partition coefficient (Wildman–Crippen LogP) is 17.4. The molecule has 15 rings (SSSR count). The summed E-state index contributed by atoms with van der Waals surface area (Å²) < 4.78 is 9.65. The van der Waals surface area contributed by atoms with E-state index in [1.807, 2.05) is 0 Å². The van der Waals surface area contributed by atoms with Crippen LogP contribution in [0, 0.1) is 0 Å². The molecule has 0 atom stereocenters. The summed E-state index contributed by atoms with van der Waals surface area (Å²) in [5, 5.41) is 10.0. The Kier molecular flexibility index (Phi) is 8.33. The molecule has 0 spiro atoms. The van der Waals surface area contributed by atoms with E-state index in [0.29, 0.717) is 0 Å². The van der Waals surface area contributed by atoms with Crippen LogP contribution in [0.15, 0.2) is 255 Å². The van der Waals surface area contributed by atoms with Crippen molar-refractivity contribution in [3.8, 4) is 45.0 Å². The largest absolute Gasteiger partial charge is 0.309 e. The molecule has 4 heteroatoms. The predicted molar refractivity (Wildman–Crippen MR) is 295 cm³/mol. The van der Waals surface area contributed by atoms with Crippen LogP contribution in [0.4, 0.5) is 0 Å². The van der Waals surface area contributed by atoms with E-state index >= 15 is 0 Å². The van der Waals surface area contributed by atoms with Gasteiger partial charge in [0.2, 0.25) is 0 Å². The van der Waals surface area contributed by atoms with Crippen LogP contribution in [0.3, 0.4) is 0 Å². The fourth-order valence-electron chi connectivity index (χ4n) is 11.6. The Morgan fingerprint density at radius 3 is 0.757 bits per heavy atom. The average molecular weight is 891 g/mol. The molecule has 0 radical (unpaired) electrons. The highest BCUT2D eigenvalue weighted by Gasteiger charge is 2.19. The molecule has 0 amide bonds. The van der Waals surface area contributed by atoms with Crippen molar-refractivity contribution in [2.45, 2.75) is 0 Å². The molecule has 0 fully saturated rings. The molecule has 11 aromatic carbocycles. The van der Waals surface area contributed by atoms with Crippen LogP contribution in [0.1, 0.15) is 0 Å². The lowest BCUT2D eigenvalue weighted by Crippen LogP contribution is -1.98. The van der Waals surface area contributed by atoms with Crippen LogP contribution >= 0.6 is 0 Å². The average Bonchev–Trinajstić information content (AvgIpc) is 4.16. The molecule has 4 heterocycles. The first-order valence-electron chi connectivity index (χ1n) is 24.1. The third-order valence-corrected chi connectivity index (χ3v) is 14.8. The minimum absolute atomic E-state index is 1.13. The van der Waals surface area contributed by atoms with Crippen molar-refractivity contribution in [1.82, 2.24) is 18.3 Å². The number of benzene rings is 11. The second kappa shape index (κ2) is 15.1. The van der Waals surface area contributed by atoms with E-state index in [1.165, 1.54) is 109 Å². The SMILES string of the molecule is c1cc(-n2c3ccccc3c3ccccc32)cc(-n2c3ccccc3c3ccc(-c4ccc5c6ccccc6n(-c6ccc(-c7ccc(-n8c9ccccc9c9ccccc98)cc7)cc6)c5c4)cc32)c1. The molecule has 0 aliphatic rings. The van der Waals surface area contributed by atoms with E-state index < -0.39 is 0 Å². The molecular formula is C66H42N4. The maximum Gasteiger partial charge on any atom is 0.0547 e. The Balaban J connectivity index is 0.826. The quantitative estimate of drug-likeness (QED) is 0.158. The van der Waals surface area contributed by atoms with E-state index in [2.05, 4.69) is 273 Å². The van der Waals surface area contributed by atoms with Crippen LogP contribution in [0.5, 0.6) is 0 Å². The Morgan fingerprint density at radius 2 is 0.414 bits per heavy atom. The van der Waals surface area contributed by atoms with Crippen LogP contribution < -0.4 is 0 Å². The third-order valence-electron chi connectivity index (χ3n) is 14.8. The van der Waals surface area contributed by atoms with Crippen LogP contribution in [0.25, 0.3) is 132 Å². The van der Waals surface area contributed by atoms with Gasteiger partial charge in [-0.25, -0.2) is 0 Å². The second-order valence-corrected chi connectivity index (χ2v) is 18.5. The number of fused-ring (bicyclic) bond motifs is 12. The molecule has 4 nitrogen and oxygen atoms in total. The first-order chi connectivity index (χ1) is 34.7.